The molecular weight excluding hydrogens is 208 g/mol. The van der Waals surface area contributed by atoms with Gasteiger partial charge in [-0.25, -0.2) is 0 Å². The number of carbonyl (C=O) groups excluding carboxylic acids is 1. The predicted molar refractivity (Wildman–Crippen MR) is 60.7 cm³/mol. The number of carbonyl (C=O) groups is 1. The van der Waals surface area contributed by atoms with Crippen molar-refractivity contribution in [1.82, 2.24) is 0 Å². The van der Waals surface area contributed by atoms with E-state index in [-0.39, 0.29) is 10.7 Å². The highest BCUT2D eigenvalue weighted by Crippen LogP contribution is 2.69. The molecule has 1 nitrogen and oxygen atoms in total. The van der Waals surface area contributed by atoms with Crippen LogP contribution < -0.4 is 0 Å². The molecule has 2 atom stereocenters. The van der Waals surface area contributed by atoms with Gasteiger partial charge in [0.2, 0.25) is 5.24 Å². The molecule has 0 aromatic heterocycles. The second kappa shape index (κ2) is 2.61. The number of halogens is 1. The van der Waals surface area contributed by atoms with Gasteiger partial charge >= 0.3 is 0 Å². The van der Waals surface area contributed by atoms with Gasteiger partial charge in [0.05, 0.1) is 0 Å². The van der Waals surface area contributed by atoms with E-state index in [9.17, 15) is 4.79 Å². The first-order valence-corrected chi connectivity index (χ1v) is 6.43. The Morgan fingerprint density at radius 3 is 2.00 bits per heavy atom. The summed E-state index contributed by atoms with van der Waals surface area (Å²) >= 11 is 5.88. The molecule has 4 rings (SSSR count). The maximum absolute atomic E-state index is 11.7. The van der Waals surface area contributed by atoms with E-state index in [1.807, 2.05) is 0 Å². The van der Waals surface area contributed by atoms with Gasteiger partial charge in [-0.1, -0.05) is 13.8 Å². The van der Waals surface area contributed by atoms with Crippen LogP contribution >= 0.6 is 11.6 Å². The van der Waals surface area contributed by atoms with Crippen molar-refractivity contribution in [3.63, 3.8) is 0 Å². The van der Waals surface area contributed by atoms with Gasteiger partial charge in [0.25, 0.3) is 0 Å². The van der Waals surface area contributed by atoms with E-state index in [0.717, 1.165) is 25.2 Å². The molecule has 0 amide bonds. The maximum atomic E-state index is 11.7. The Morgan fingerprint density at radius 1 is 1.07 bits per heavy atom. The highest BCUT2D eigenvalue weighted by atomic mass is 35.5. The Bertz CT molecular complexity index is 317. The molecule has 0 saturated heterocycles. The summed E-state index contributed by atoms with van der Waals surface area (Å²) in [6, 6.07) is 0. The molecule has 4 fully saturated rings. The van der Waals surface area contributed by atoms with E-state index in [1.165, 1.54) is 19.3 Å². The SMILES string of the molecule is CC12CC3CC(C)(C1)CC(C(=O)Cl)(C3)C2. The first-order valence-electron chi connectivity index (χ1n) is 6.05. The van der Waals surface area contributed by atoms with Gasteiger partial charge < -0.3 is 0 Å². The largest absolute Gasteiger partial charge is 0.281 e. The molecule has 0 N–H and O–H groups in total. The highest BCUT2D eigenvalue weighted by Gasteiger charge is 2.62. The molecule has 2 heteroatoms. The molecule has 2 unspecified atom stereocenters. The lowest BCUT2D eigenvalue weighted by Crippen LogP contribution is -2.56. The highest BCUT2D eigenvalue weighted by molar-refractivity contribution is 6.64. The monoisotopic (exact) mass is 226 g/mol. The average Bonchev–Trinajstić information content (AvgIpc) is 1.95. The molecule has 15 heavy (non-hydrogen) atoms. The van der Waals surface area contributed by atoms with E-state index in [0.29, 0.717) is 10.8 Å². The van der Waals surface area contributed by atoms with E-state index < -0.39 is 0 Å². The summed E-state index contributed by atoms with van der Waals surface area (Å²) in [7, 11) is 0. The minimum atomic E-state index is -0.148. The van der Waals surface area contributed by atoms with Crippen molar-refractivity contribution in [2.75, 3.05) is 0 Å². The minimum Gasteiger partial charge on any atom is -0.281 e. The molecular formula is C13H19ClO. The molecule has 0 aliphatic heterocycles. The minimum absolute atomic E-state index is 0.0518. The lowest BCUT2D eigenvalue weighted by atomic mass is 9.40. The van der Waals surface area contributed by atoms with Crippen LogP contribution in [0.1, 0.15) is 52.4 Å². The Morgan fingerprint density at radius 2 is 1.60 bits per heavy atom. The summed E-state index contributed by atoms with van der Waals surface area (Å²) in [5, 5.41) is -0.0518. The topological polar surface area (TPSA) is 17.1 Å². The Labute approximate surface area is 96.6 Å². The number of hydrogen-bond donors (Lipinski definition) is 0. The van der Waals surface area contributed by atoms with Crippen LogP contribution in [0.15, 0.2) is 0 Å². The van der Waals surface area contributed by atoms with Crippen molar-refractivity contribution in [3.8, 4) is 0 Å². The summed E-state index contributed by atoms with van der Waals surface area (Å²) in [6.07, 6.45) is 7.13. The van der Waals surface area contributed by atoms with Crippen LogP contribution in [-0.4, -0.2) is 5.24 Å². The zero-order chi connectivity index (χ0) is 10.9. The second-order valence-corrected chi connectivity index (χ2v) is 7.53. The quantitative estimate of drug-likeness (QED) is 0.623. The third kappa shape index (κ3) is 1.32. The molecule has 0 spiro atoms. The van der Waals surface area contributed by atoms with Crippen LogP contribution in [0.2, 0.25) is 0 Å². The fourth-order valence-electron chi connectivity index (χ4n) is 5.67. The van der Waals surface area contributed by atoms with Crippen molar-refractivity contribution in [3.05, 3.63) is 0 Å². The molecule has 0 heterocycles. The Balaban J connectivity index is 2.05. The molecule has 4 bridgehead atoms. The van der Waals surface area contributed by atoms with Gasteiger partial charge in [-0.05, 0) is 66.9 Å². The molecule has 0 aromatic carbocycles. The zero-order valence-electron chi connectivity index (χ0n) is 9.61. The molecule has 84 valence electrons. The fourth-order valence-corrected chi connectivity index (χ4v) is 5.88. The van der Waals surface area contributed by atoms with Gasteiger partial charge in [-0.15, -0.1) is 0 Å². The van der Waals surface area contributed by atoms with Crippen molar-refractivity contribution < 1.29 is 4.79 Å². The normalized spacial score (nSPS) is 57.1. The summed E-state index contributed by atoms with van der Waals surface area (Å²) < 4.78 is 0. The first kappa shape index (κ1) is 10.1. The van der Waals surface area contributed by atoms with E-state index in [4.69, 9.17) is 11.6 Å². The molecule has 4 aliphatic carbocycles. The van der Waals surface area contributed by atoms with Crippen LogP contribution in [-0.2, 0) is 4.79 Å². The fraction of sp³-hybridized carbons (Fsp3) is 0.923. The van der Waals surface area contributed by atoms with Gasteiger partial charge in [0.15, 0.2) is 0 Å². The van der Waals surface area contributed by atoms with E-state index >= 15 is 0 Å². The smallest absolute Gasteiger partial charge is 0.227 e. The number of rotatable bonds is 1. The van der Waals surface area contributed by atoms with Crippen LogP contribution in [0.5, 0.6) is 0 Å². The molecule has 0 aromatic rings. The van der Waals surface area contributed by atoms with E-state index in [2.05, 4.69) is 13.8 Å². The standard InChI is InChI=1S/C13H19ClO/c1-11-3-9-4-12(2,6-11)8-13(5-9,7-11)10(14)15/h9H,3-8H2,1-2H3. The zero-order valence-corrected chi connectivity index (χ0v) is 10.4. The van der Waals surface area contributed by atoms with Crippen molar-refractivity contribution in [2.45, 2.75) is 52.4 Å². The second-order valence-electron chi connectivity index (χ2n) is 7.18. The lowest BCUT2D eigenvalue weighted by Gasteiger charge is -2.64. The summed E-state index contributed by atoms with van der Waals surface area (Å²) in [6.45, 7) is 4.73. The molecule has 4 aliphatic rings. The van der Waals surface area contributed by atoms with Crippen molar-refractivity contribution in [2.24, 2.45) is 22.2 Å². The van der Waals surface area contributed by atoms with Gasteiger partial charge in [0.1, 0.15) is 0 Å². The van der Waals surface area contributed by atoms with Crippen LogP contribution in [0.4, 0.5) is 0 Å². The lowest BCUT2D eigenvalue weighted by molar-refractivity contribution is -0.160. The van der Waals surface area contributed by atoms with E-state index in [1.54, 1.807) is 0 Å². The van der Waals surface area contributed by atoms with Gasteiger partial charge in [0, 0.05) is 5.41 Å². The third-order valence-corrected chi connectivity index (χ3v) is 5.44. The summed E-state index contributed by atoms with van der Waals surface area (Å²) in [5.74, 6) is 0.763. The van der Waals surface area contributed by atoms with Crippen molar-refractivity contribution >= 4 is 16.8 Å². The summed E-state index contributed by atoms with van der Waals surface area (Å²) in [5.41, 5.74) is 0.655. The first-order chi connectivity index (χ1) is 6.85. The van der Waals surface area contributed by atoms with Gasteiger partial charge in [-0.3, -0.25) is 4.79 Å². The Hall–Kier alpha value is -0.0400. The predicted octanol–water partition coefficient (Wildman–Crippen LogP) is 3.75. The molecule has 0 radical (unpaired) electrons. The van der Waals surface area contributed by atoms with Crippen LogP contribution in [0.25, 0.3) is 0 Å². The van der Waals surface area contributed by atoms with Gasteiger partial charge in [-0.2, -0.15) is 0 Å². The van der Waals surface area contributed by atoms with Crippen LogP contribution in [0, 0.1) is 22.2 Å². The Kier molecular flexibility index (Phi) is 1.77. The molecule has 4 saturated carbocycles. The number of hydrogen-bond acceptors (Lipinski definition) is 1. The average molecular weight is 227 g/mol. The maximum Gasteiger partial charge on any atom is 0.227 e. The third-order valence-electron chi connectivity index (χ3n) is 5.04. The van der Waals surface area contributed by atoms with Crippen LogP contribution in [0.3, 0.4) is 0 Å². The summed E-state index contributed by atoms with van der Waals surface area (Å²) in [4.78, 5) is 11.7. The van der Waals surface area contributed by atoms with Crippen molar-refractivity contribution in [1.29, 1.82) is 0 Å².